The monoisotopic (exact) mass is 244 g/mol. The Balaban J connectivity index is 2.65. The molecule has 1 amide bonds. The highest BCUT2D eigenvalue weighted by Crippen LogP contribution is 2.22. The zero-order valence-corrected chi connectivity index (χ0v) is 11.0. The first-order valence-electron chi connectivity index (χ1n) is 6.07. The van der Waals surface area contributed by atoms with Crippen molar-refractivity contribution in [1.29, 1.82) is 0 Å². The van der Waals surface area contributed by atoms with Gasteiger partial charge in [-0.3, -0.25) is 4.79 Å². The van der Waals surface area contributed by atoms with Gasteiger partial charge >= 0.3 is 0 Å². The van der Waals surface area contributed by atoms with Gasteiger partial charge in [0.1, 0.15) is 0 Å². The van der Waals surface area contributed by atoms with E-state index < -0.39 is 11.6 Å². The van der Waals surface area contributed by atoms with E-state index in [-0.39, 0.29) is 17.9 Å². The first-order valence-corrected chi connectivity index (χ1v) is 6.07. The molecule has 1 aliphatic rings. The molecule has 17 heavy (non-hydrogen) atoms. The lowest BCUT2D eigenvalue weighted by atomic mass is 9.85. The quantitative estimate of drug-likeness (QED) is 0.653. The first-order chi connectivity index (χ1) is 7.81. The van der Waals surface area contributed by atoms with E-state index >= 15 is 0 Å². The minimum Gasteiger partial charge on any atom is -0.394 e. The third kappa shape index (κ3) is 3.66. The fraction of sp³-hybridized carbons (Fsp3) is 0.917. The molecule has 0 radical (unpaired) electrons. The van der Waals surface area contributed by atoms with Gasteiger partial charge in [-0.15, -0.1) is 0 Å². The average molecular weight is 244 g/mol. The second-order valence-corrected chi connectivity index (χ2v) is 5.88. The number of aliphatic hydroxyl groups excluding tert-OH is 1. The van der Waals surface area contributed by atoms with E-state index in [0.29, 0.717) is 26.1 Å². The van der Waals surface area contributed by atoms with Crippen molar-refractivity contribution in [2.24, 2.45) is 11.1 Å². The maximum atomic E-state index is 12.0. The molecule has 1 atom stereocenters. The summed E-state index contributed by atoms with van der Waals surface area (Å²) in [5, 5.41) is 12.4. The number of hydrogen-bond donors (Lipinski definition) is 3. The maximum Gasteiger partial charge on any atom is 0.237 e. The zero-order valence-electron chi connectivity index (χ0n) is 11.0. The summed E-state index contributed by atoms with van der Waals surface area (Å²) < 4.78 is 5.24. The van der Waals surface area contributed by atoms with E-state index in [1.54, 1.807) is 0 Å². The molecule has 0 aromatic carbocycles. The Morgan fingerprint density at radius 3 is 2.41 bits per heavy atom. The van der Waals surface area contributed by atoms with Gasteiger partial charge in [0.05, 0.1) is 18.2 Å². The zero-order chi connectivity index (χ0) is 13.1. The molecule has 5 nitrogen and oxygen atoms in total. The minimum atomic E-state index is -0.575. The topological polar surface area (TPSA) is 84.6 Å². The van der Waals surface area contributed by atoms with E-state index in [1.165, 1.54) is 0 Å². The highest BCUT2D eigenvalue weighted by Gasteiger charge is 2.37. The first kappa shape index (κ1) is 14.4. The van der Waals surface area contributed by atoms with Crippen LogP contribution in [0.4, 0.5) is 0 Å². The van der Waals surface area contributed by atoms with Crippen LogP contribution in [0.15, 0.2) is 0 Å². The summed E-state index contributed by atoms with van der Waals surface area (Å²) in [6.45, 7) is 6.82. The van der Waals surface area contributed by atoms with Gasteiger partial charge < -0.3 is 20.9 Å². The van der Waals surface area contributed by atoms with Crippen molar-refractivity contribution < 1.29 is 14.6 Å². The van der Waals surface area contributed by atoms with Crippen LogP contribution in [-0.2, 0) is 9.53 Å². The summed E-state index contributed by atoms with van der Waals surface area (Å²) in [7, 11) is 0. The van der Waals surface area contributed by atoms with Gasteiger partial charge in [-0.2, -0.15) is 0 Å². The predicted octanol–water partition coefficient (Wildman–Crippen LogP) is 0.0175. The van der Waals surface area contributed by atoms with Crippen molar-refractivity contribution >= 4 is 5.91 Å². The third-order valence-corrected chi connectivity index (χ3v) is 3.36. The van der Waals surface area contributed by atoms with Crippen LogP contribution < -0.4 is 11.1 Å². The second-order valence-electron chi connectivity index (χ2n) is 5.88. The molecule has 1 rings (SSSR count). The molecule has 1 fully saturated rings. The van der Waals surface area contributed by atoms with Gasteiger partial charge in [-0.25, -0.2) is 0 Å². The minimum absolute atomic E-state index is 0.0705. The number of carbonyl (C=O) groups is 1. The van der Waals surface area contributed by atoms with E-state index in [0.717, 1.165) is 0 Å². The smallest absolute Gasteiger partial charge is 0.237 e. The Labute approximate surface area is 103 Å². The fourth-order valence-electron chi connectivity index (χ4n) is 1.82. The molecule has 0 spiro atoms. The van der Waals surface area contributed by atoms with E-state index in [4.69, 9.17) is 10.5 Å². The van der Waals surface area contributed by atoms with Gasteiger partial charge in [-0.05, 0) is 18.3 Å². The number of nitrogens with two attached hydrogens (primary N) is 1. The van der Waals surface area contributed by atoms with Crippen LogP contribution in [0.2, 0.25) is 0 Å². The highest BCUT2D eigenvalue weighted by molar-refractivity contribution is 5.83. The molecule has 0 aliphatic carbocycles. The Hall–Kier alpha value is -0.650. The number of aliphatic hydroxyl groups is 1. The van der Waals surface area contributed by atoms with Crippen LogP contribution in [0.5, 0.6) is 0 Å². The molecule has 1 saturated heterocycles. The summed E-state index contributed by atoms with van der Waals surface area (Å²) in [4.78, 5) is 12.0. The molecular formula is C12H24N2O3. The Morgan fingerprint density at radius 2 is 2.00 bits per heavy atom. The van der Waals surface area contributed by atoms with E-state index in [1.807, 2.05) is 20.8 Å². The molecule has 1 heterocycles. The summed E-state index contributed by atoms with van der Waals surface area (Å²) in [5.41, 5.74) is 5.06. The van der Waals surface area contributed by atoms with Crippen molar-refractivity contribution in [1.82, 2.24) is 5.32 Å². The number of amides is 1. The summed E-state index contributed by atoms with van der Waals surface area (Å²) >= 11 is 0. The largest absolute Gasteiger partial charge is 0.394 e. The van der Waals surface area contributed by atoms with Crippen molar-refractivity contribution in [3.8, 4) is 0 Å². The molecule has 4 N–H and O–H groups in total. The Kier molecular flexibility index (Phi) is 4.52. The van der Waals surface area contributed by atoms with Gasteiger partial charge in [0.2, 0.25) is 5.91 Å². The van der Waals surface area contributed by atoms with Crippen LogP contribution >= 0.6 is 0 Å². The average Bonchev–Trinajstić information content (AvgIpc) is 2.28. The number of ether oxygens (including phenoxy) is 1. The molecule has 1 aliphatic heterocycles. The molecule has 0 aromatic rings. The fourth-order valence-corrected chi connectivity index (χ4v) is 1.82. The lowest BCUT2D eigenvalue weighted by Gasteiger charge is -2.38. The van der Waals surface area contributed by atoms with Crippen molar-refractivity contribution in [3.63, 3.8) is 0 Å². The molecule has 0 aromatic heterocycles. The Bertz CT molecular complexity index is 267. The molecular weight excluding hydrogens is 220 g/mol. The lowest BCUT2D eigenvalue weighted by molar-refractivity contribution is -0.128. The highest BCUT2D eigenvalue weighted by atomic mass is 16.5. The van der Waals surface area contributed by atoms with E-state index in [9.17, 15) is 9.90 Å². The van der Waals surface area contributed by atoms with Crippen LogP contribution in [0, 0.1) is 5.41 Å². The normalized spacial score (nSPS) is 21.9. The third-order valence-electron chi connectivity index (χ3n) is 3.36. The number of rotatable bonds is 3. The van der Waals surface area contributed by atoms with Gasteiger partial charge in [0, 0.05) is 13.2 Å². The van der Waals surface area contributed by atoms with Crippen molar-refractivity contribution in [2.75, 3.05) is 19.8 Å². The predicted molar refractivity (Wildman–Crippen MR) is 65.4 cm³/mol. The standard InChI is InChI=1S/C12H24N2O3/c1-11(2,3)9(13)10(16)14-12(8-15)4-6-17-7-5-12/h9,15H,4-8,13H2,1-3H3,(H,14,16)/t9-/m1/s1. The molecule has 0 saturated carbocycles. The summed E-state index contributed by atoms with van der Waals surface area (Å²) in [6.07, 6.45) is 1.26. The van der Waals surface area contributed by atoms with Crippen LogP contribution in [-0.4, -0.2) is 42.4 Å². The number of nitrogens with one attached hydrogen (secondary N) is 1. The molecule has 0 bridgehead atoms. The molecule has 0 unspecified atom stereocenters. The summed E-state index contributed by atoms with van der Waals surface area (Å²) in [6, 6.07) is -0.575. The maximum absolute atomic E-state index is 12.0. The van der Waals surface area contributed by atoms with Crippen LogP contribution in [0.25, 0.3) is 0 Å². The van der Waals surface area contributed by atoms with Gasteiger partial charge in [0.25, 0.3) is 0 Å². The molecule has 100 valence electrons. The number of carbonyl (C=O) groups excluding carboxylic acids is 1. The van der Waals surface area contributed by atoms with E-state index in [2.05, 4.69) is 5.32 Å². The SMILES string of the molecule is CC(C)(C)[C@H](N)C(=O)NC1(CO)CCOCC1. The van der Waals surface area contributed by atoms with Gasteiger partial charge in [-0.1, -0.05) is 20.8 Å². The van der Waals surface area contributed by atoms with Crippen molar-refractivity contribution in [3.05, 3.63) is 0 Å². The Morgan fingerprint density at radius 1 is 1.47 bits per heavy atom. The second kappa shape index (κ2) is 5.33. The van der Waals surface area contributed by atoms with Crippen LogP contribution in [0.3, 0.4) is 0 Å². The molecule has 5 heteroatoms. The lowest BCUT2D eigenvalue weighted by Crippen LogP contribution is -2.60. The van der Waals surface area contributed by atoms with Crippen molar-refractivity contribution in [2.45, 2.75) is 45.2 Å². The summed E-state index contributed by atoms with van der Waals surface area (Å²) in [5.74, 6) is -0.201. The van der Waals surface area contributed by atoms with Gasteiger partial charge in [0.15, 0.2) is 0 Å². The number of hydrogen-bond acceptors (Lipinski definition) is 4. The van der Waals surface area contributed by atoms with Crippen LogP contribution in [0.1, 0.15) is 33.6 Å².